The maximum atomic E-state index is 11.1. The highest BCUT2D eigenvalue weighted by Gasteiger charge is 2.26. The minimum Gasteiger partial charge on any atom is -0.469 e. The van der Waals surface area contributed by atoms with E-state index in [0.29, 0.717) is 23.3 Å². The Morgan fingerprint density at radius 1 is 1.00 bits per heavy atom. The Hall–Kier alpha value is -0.360. The molecule has 6 heteroatoms. The summed E-state index contributed by atoms with van der Waals surface area (Å²) in [6, 6.07) is 0. The van der Waals surface area contributed by atoms with Crippen LogP contribution in [0.3, 0.4) is 0 Å². The van der Waals surface area contributed by atoms with Crippen LogP contribution in [0.25, 0.3) is 0 Å². The standard InChI is InChI=1S/C10H16O4S2/c1-13-9(11)3-7-5-16-8(6-15-7)4-10(12)14-2/h7-8H,3-6H2,1-2H3/t7-,8-/m0/s1. The average Bonchev–Trinajstić information content (AvgIpc) is 2.31. The van der Waals surface area contributed by atoms with E-state index in [0.717, 1.165) is 11.5 Å². The van der Waals surface area contributed by atoms with Gasteiger partial charge in [0.05, 0.1) is 27.1 Å². The lowest BCUT2D eigenvalue weighted by molar-refractivity contribution is -0.141. The van der Waals surface area contributed by atoms with Gasteiger partial charge < -0.3 is 9.47 Å². The van der Waals surface area contributed by atoms with E-state index in [-0.39, 0.29) is 11.9 Å². The van der Waals surface area contributed by atoms with Crippen molar-refractivity contribution in [1.29, 1.82) is 0 Å². The Labute approximate surface area is 104 Å². The fraction of sp³-hybridized carbons (Fsp3) is 0.800. The van der Waals surface area contributed by atoms with E-state index in [9.17, 15) is 9.59 Å². The number of methoxy groups -OCH3 is 2. The highest BCUT2D eigenvalue weighted by Crippen LogP contribution is 2.33. The Morgan fingerprint density at radius 3 is 1.62 bits per heavy atom. The third-order valence-corrected chi connectivity index (χ3v) is 5.50. The van der Waals surface area contributed by atoms with Crippen LogP contribution in [-0.2, 0) is 19.1 Å². The molecule has 1 aliphatic rings. The molecule has 16 heavy (non-hydrogen) atoms. The van der Waals surface area contributed by atoms with Crippen molar-refractivity contribution in [1.82, 2.24) is 0 Å². The first-order valence-electron chi connectivity index (χ1n) is 5.02. The molecule has 0 saturated carbocycles. The van der Waals surface area contributed by atoms with E-state index < -0.39 is 0 Å². The first-order valence-corrected chi connectivity index (χ1v) is 7.12. The van der Waals surface area contributed by atoms with Gasteiger partial charge in [-0.25, -0.2) is 0 Å². The monoisotopic (exact) mass is 264 g/mol. The molecule has 0 radical (unpaired) electrons. The van der Waals surface area contributed by atoms with Gasteiger partial charge in [-0.3, -0.25) is 9.59 Å². The van der Waals surface area contributed by atoms with Gasteiger partial charge in [0.2, 0.25) is 0 Å². The van der Waals surface area contributed by atoms with Gasteiger partial charge >= 0.3 is 11.9 Å². The molecular weight excluding hydrogens is 248 g/mol. The van der Waals surface area contributed by atoms with Crippen molar-refractivity contribution in [2.45, 2.75) is 23.3 Å². The molecule has 1 saturated heterocycles. The van der Waals surface area contributed by atoms with Crippen molar-refractivity contribution < 1.29 is 19.1 Å². The lowest BCUT2D eigenvalue weighted by Gasteiger charge is -2.26. The van der Waals surface area contributed by atoms with Crippen LogP contribution in [0.15, 0.2) is 0 Å². The molecule has 0 amide bonds. The van der Waals surface area contributed by atoms with Gasteiger partial charge in [0.15, 0.2) is 0 Å². The summed E-state index contributed by atoms with van der Waals surface area (Å²) < 4.78 is 9.25. The van der Waals surface area contributed by atoms with Crippen LogP contribution in [0.5, 0.6) is 0 Å². The Bertz CT molecular complexity index is 223. The molecule has 1 heterocycles. The zero-order chi connectivity index (χ0) is 12.0. The smallest absolute Gasteiger partial charge is 0.306 e. The maximum absolute atomic E-state index is 11.1. The molecule has 0 spiro atoms. The van der Waals surface area contributed by atoms with E-state index in [1.807, 2.05) is 0 Å². The molecule has 1 rings (SSSR count). The van der Waals surface area contributed by atoms with Crippen LogP contribution in [0, 0.1) is 0 Å². The molecule has 92 valence electrons. The number of rotatable bonds is 4. The fourth-order valence-corrected chi connectivity index (χ4v) is 4.32. The summed E-state index contributed by atoms with van der Waals surface area (Å²) in [6.07, 6.45) is 0.915. The van der Waals surface area contributed by atoms with Crippen molar-refractivity contribution in [3.8, 4) is 0 Å². The fourth-order valence-electron chi connectivity index (χ4n) is 1.36. The highest BCUT2D eigenvalue weighted by molar-refractivity contribution is 8.07. The van der Waals surface area contributed by atoms with Crippen molar-refractivity contribution in [2.75, 3.05) is 25.7 Å². The summed E-state index contributed by atoms with van der Waals surface area (Å²) in [7, 11) is 2.81. The van der Waals surface area contributed by atoms with Crippen LogP contribution in [0.4, 0.5) is 0 Å². The second-order valence-corrected chi connectivity index (χ2v) is 6.14. The van der Waals surface area contributed by atoms with E-state index >= 15 is 0 Å². The molecule has 0 aliphatic carbocycles. The second-order valence-electron chi connectivity index (χ2n) is 3.47. The molecule has 0 unspecified atom stereocenters. The highest BCUT2D eigenvalue weighted by atomic mass is 32.2. The predicted octanol–water partition coefficient (Wildman–Crippen LogP) is 1.33. The molecule has 2 atom stereocenters. The van der Waals surface area contributed by atoms with Crippen molar-refractivity contribution in [3.63, 3.8) is 0 Å². The summed E-state index contributed by atoms with van der Waals surface area (Å²) in [6.45, 7) is 0. The van der Waals surface area contributed by atoms with Gasteiger partial charge in [0, 0.05) is 22.0 Å². The van der Waals surface area contributed by atoms with Crippen molar-refractivity contribution >= 4 is 35.5 Å². The average molecular weight is 264 g/mol. The van der Waals surface area contributed by atoms with Crippen LogP contribution in [0.1, 0.15) is 12.8 Å². The first kappa shape index (κ1) is 13.7. The van der Waals surface area contributed by atoms with E-state index in [1.54, 1.807) is 23.5 Å². The zero-order valence-electron chi connectivity index (χ0n) is 9.43. The lowest BCUT2D eigenvalue weighted by Crippen LogP contribution is -2.26. The number of hydrogen-bond acceptors (Lipinski definition) is 6. The topological polar surface area (TPSA) is 52.6 Å². The number of thioether (sulfide) groups is 2. The Balaban J connectivity index is 2.23. The minimum atomic E-state index is -0.162. The summed E-state index contributed by atoms with van der Waals surface area (Å²) in [5.74, 6) is 1.46. The zero-order valence-corrected chi connectivity index (χ0v) is 11.1. The van der Waals surface area contributed by atoms with E-state index in [2.05, 4.69) is 9.47 Å². The molecule has 0 bridgehead atoms. The predicted molar refractivity (Wildman–Crippen MR) is 65.8 cm³/mol. The molecular formula is C10H16O4S2. The molecule has 0 aromatic heterocycles. The molecule has 1 fully saturated rings. The summed E-state index contributed by atoms with van der Waals surface area (Å²) in [4.78, 5) is 22.1. The van der Waals surface area contributed by atoms with E-state index in [4.69, 9.17) is 0 Å². The Morgan fingerprint density at radius 2 is 1.38 bits per heavy atom. The third kappa shape index (κ3) is 4.65. The SMILES string of the molecule is COC(=O)C[C@H]1CS[C@@H](CC(=O)OC)CS1. The normalized spacial score (nSPS) is 24.9. The molecule has 0 aromatic carbocycles. The van der Waals surface area contributed by atoms with E-state index in [1.165, 1.54) is 14.2 Å². The summed E-state index contributed by atoms with van der Waals surface area (Å²) in [5, 5.41) is 0.623. The largest absolute Gasteiger partial charge is 0.469 e. The molecule has 0 aromatic rings. The van der Waals surface area contributed by atoms with Gasteiger partial charge in [-0.15, -0.1) is 0 Å². The molecule has 4 nitrogen and oxygen atoms in total. The number of carbonyl (C=O) groups excluding carboxylic acids is 2. The van der Waals surface area contributed by atoms with Crippen LogP contribution >= 0.6 is 23.5 Å². The van der Waals surface area contributed by atoms with Crippen LogP contribution in [-0.4, -0.2) is 48.2 Å². The first-order chi connectivity index (χ1) is 7.65. The summed E-state index contributed by atoms with van der Waals surface area (Å²) >= 11 is 3.48. The Kier molecular flexibility index (Phi) is 6.05. The minimum absolute atomic E-state index is 0.162. The van der Waals surface area contributed by atoms with Gasteiger partial charge in [0.1, 0.15) is 0 Å². The number of esters is 2. The number of ether oxygens (including phenoxy) is 2. The maximum Gasteiger partial charge on any atom is 0.306 e. The van der Waals surface area contributed by atoms with Crippen molar-refractivity contribution in [2.24, 2.45) is 0 Å². The second kappa shape index (κ2) is 7.06. The molecule has 0 N–H and O–H groups in total. The van der Waals surface area contributed by atoms with Gasteiger partial charge in [-0.1, -0.05) is 0 Å². The van der Waals surface area contributed by atoms with Crippen LogP contribution in [0.2, 0.25) is 0 Å². The summed E-state index contributed by atoms with van der Waals surface area (Å²) in [5.41, 5.74) is 0. The lowest BCUT2D eigenvalue weighted by atomic mass is 10.3. The number of hydrogen-bond donors (Lipinski definition) is 0. The van der Waals surface area contributed by atoms with Crippen LogP contribution < -0.4 is 0 Å². The van der Waals surface area contributed by atoms with Crippen molar-refractivity contribution in [3.05, 3.63) is 0 Å². The quantitative estimate of drug-likeness (QED) is 0.714. The number of carbonyl (C=O) groups is 2. The third-order valence-electron chi connectivity index (χ3n) is 2.28. The van der Waals surface area contributed by atoms with Gasteiger partial charge in [-0.05, 0) is 0 Å². The van der Waals surface area contributed by atoms with Gasteiger partial charge in [0.25, 0.3) is 0 Å². The van der Waals surface area contributed by atoms with Gasteiger partial charge in [-0.2, -0.15) is 23.5 Å². The molecule has 1 aliphatic heterocycles.